The summed E-state index contributed by atoms with van der Waals surface area (Å²) in [7, 11) is 0. The van der Waals surface area contributed by atoms with Gasteiger partial charge in [-0.3, -0.25) is 4.79 Å². The van der Waals surface area contributed by atoms with Crippen molar-refractivity contribution in [3.63, 3.8) is 0 Å². The van der Waals surface area contributed by atoms with Gasteiger partial charge in [0.05, 0.1) is 5.92 Å². The summed E-state index contributed by atoms with van der Waals surface area (Å²) < 4.78 is 0. The van der Waals surface area contributed by atoms with Crippen molar-refractivity contribution in [1.82, 2.24) is 0 Å². The van der Waals surface area contributed by atoms with Gasteiger partial charge in [0.1, 0.15) is 0 Å². The molecule has 0 aliphatic heterocycles. The monoisotopic (exact) mass is 258 g/mol. The SMILES string of the molecule is C[C@H](C(=O)O)c1ccccc1Sc1ccccc1. The molecule has 0 heterocycles. The van der Waals surface area contributed by atoms with E-state index in [1.165, 1.54) is 0 Å². The zero-order valence-electron chi connectivity index (χ0n) is 10.0. The molecule has 0 radical (unpaired) electrons. The van der Waals surface area contributed by atoms with Crippen molar-refractivity contribution in [2.45, 2.75) is 22.6 Å². The fourth-order valence-corrected chi connectivity index (χ4v) is 2.74. The summed E-state index contributed by atoms with van der Waals surface area (Å²) in [5.41, 5.74) is 0.860. The lowest BCUT2D eigenvalue weighted by molar-refractivity contribution is -0.138. The van der Waals surface area contributed by atoms with Crippen LogP contribution in [0.4, 0.5) is 0 Å². The van der Waals surface area contributed by atoms with Gasteiger partial charge in [-0.15, -0.1) is 0 Å². The van der Waals surface area contributed by atoms with E-state index in [4.69, 9.17) is 5.11 Å². The summed E-state index contributed by atoms with van der Waals surface area (Å²) in [5, 5.41) is 9.12. The first-order valence-corrected chi connectivity index (χ1v) is 6.55. The molecule has 0 amide bonds. The summed E-state index contributed by atoms with van der Waals surface area (Å²) in [6.07, 6.45) is 0. The van der Waals surface area contributed by atoms with Crippen LogP contribution in [-0.2, 0) is 4.79 Å². The van der Waals surface area contributed by atoms with E-state index in [0.717, 1.165) is 15.4 Å². The summed E-state index contributed by atoms with van der Waals surface area (Å²) in [6, 6.07) is 17.6. The first-order valence-electron chi connectivity index (χ1n) is 5.73. The van der Waals surface area contributed by atoms with Gasteiger partial charge >= 0.3 is 5.97 Å². The van der Waals surface area contributed by atoms with Gasteiger partial charge in [-0.2, -0.15) is 0 Å². The van der Waals surface area contributed by atoms with Crippen molar-refractivity contribution in [2.24, 2.45) is 0 Å². The fourth-order valence-electron chi connectivity index (χ4n) is 1.68. The molecular formula is C15H14O2S. The Bertz CT molecular complexity index is 537. The quantitative estimate of drug-likeness (QED) is 0.899. The number of aliphatic carboxylic acids is 1. The minimum atomic E-state index is -0.795. The molecule has 0 spiro atoms. The normalized spacial score (nSPS) is 12.1. The molecule has 2 nitrogen and oxygen atoms in total. The highest BCUT2D eigenvalue weighted by atomic mass is 32.2. The Kier molecular flexibility index (Phi) is 4.05. The molecule has 0 aliphatic rings. The predicted octanol–water partition coefficient (Wildman–Crippen LogP) is 4.03. The van der Waals surface area contributed by atoms with Crippen molar-refractivity contribution >= 4 is 17.7 Å². The third kappa shape index (κ3) is 2.93. The summed E-state index contributed by atoms with van der Waals surface area (Å²) in [6.45, 7) is 1.72. The summed E-state index contributed by atoms with van der Waals surface area (Å²) >= 11 is 1.60. The highest BCUT2D eigenvalue weighted by Gasteiger charge is 2.17. The standard InChI is InChI=1S/C15H14O2S/c1-11(15(16)17)13-9-5-6-10-14(13)18-12-7-3-2-4-8-12/h2-11H,1H3,(H,16,17)/t11-/m0/s1. The van der Waals surface area contributed by atoms with E-state index in [1.54, 1.807) is 18.7 Å². The molecule has 0 fully saturated rings. The molecule has 3 heteroatoms. The Hall–Kier alpha value is -1.74. The van der Waals surface area contributed by atoms with Crippen LogP contribution in [0.15, 0.2) is 64.4 Å². The summed E-state index contributed by atoms with van der Waals surface area (Å²) in [5.74, 6) is -1.28. The number of hydrogen-bond acceptors (Lipinski definition) is 2. The van der Waals surface area contributed by atoms with E-state index in [-0.39, 0.29) is 0 Å². The Morgan fingerprint density at radius 2 is 1.67 bits per heavy atom. The Balaban J connectivity index is 2.31. The lowest BCUT2D eigenvalue weighted by atomic mass is 10.0. The van der Waals surface area contributed by atoms with Crippen LogP contribution in [0, 0.1) is 0 Å². The average Bonchev–Trinajstić information content (AvgIpc) is 2.39. The van der Waals surface area contributed by atoms with Crippen molar-refractivity contribution in [1.29, 1.82) is 0 Å². The molecule has 0 saturated carbocycles. The van der Waals surface area contributed by atoms with Crippen LogP contribution >= 0.6 is 11.8 Å². The van der Waals surface area contributed by atoms with Gasteiger partial charge in [-0.25, -0.2) is 0 Å². The van der Waals surface area contributed by atoms with E-state index in [9.17, 15) is 4.79 Å². The van der Waals surface area contributed by atoms with Crippen molar-refractivity contribution in [3.8, 4) is 0 Å². The first-order chi connectivity index (χ1) is 8.68. The number of carboxylic acids is 1. The molecule has 0 unspecified atom stereocenters. The maximum atomic E-state index is 11.1. The minimum Gasteiger partial charge on any atom is -0.481 e. The van der Waals surface area contributed by atoms with E-state index in [0.29, 0.717) is 0 Å². The van der Waals surface area contributed by atoms with Crippen LogP contribution in [0.5, 0.6) is 0 Å². The molecule has 18 heavy (non-hydrogen) atoms. The van der Waals surface area contributed by atoms with E-state index >= 15 is 0 Å². The Morgan fingerprint density at radius 3 is 2.33 bits per heavy atom. The number of benzene rings is 2. The zero-order valence-corrected chi connectivity index (χ0v) is 10.9. The van der Waals surface area contributed by atoms with Gasteiger partial charge in [-0.1, -0.05) is 48.2 Å². The number of hydrogen-bond donors (Lipinski definition) is 1. The van der Waals surface area contributed by atoms with Crippen LogP contribution in [0.25, 0.3) is 0 Å². The second-order valence-electron chi connectivity index (χ2n) is 4.01. The van der Waals surface area contributed by atoms with Gasteiger partial charge in [0.25, 0.3) is 0 Å². The Morgan fingerprint density at radius 1 is 1.06 bits per heavy atom. The lowest BCUT2D eigenvalue weighted by Gasteiger charge is -2.12. The maximum Gasteiger partial charge on any atom is 0.310 e. The Labute approximate surface area is 111 Å². The van der Waals surface area contributed by atoms with Gasteiger partial charge in [0.2, 0.25) is 0 Å². The molecule has 0 aliphatic carbocycles. The molecule has 0 saturated heterocycles. The molecule has 2 rings (SSSR count). The van der Waals surface area contributed by atoms with E-state index in [1.807, 2.05) is 54.6 Å². The van der Waals surface area contributed by atoms with Crippen LogP contribution < -0.4 is 0 Å². The van der Waals surface area contributed by atoms with E-state index < -0.39 is 11.9 Å². The highest BCUT2D eigenvalue weighted by molar-refractivity contribution is 7.99. The van der Waals surface area contributed by atoms with Crippen molar-refractivity contribution in [2.75, 3.05) is 0 Å². The third-order valence-electron chi connectivity index (χ3n) is 2.73. The maximum absolute atomic E-state index is 11.1. The van der Waals surface area contributed by atoms with Crippen LogP contribution in [0.3, 0.4) is 0 Å². The topological polar surface area (TPSA) is 37.3 Å². The minimum absolute atomic E-state index is 0.489. The third-order valence-corrected chi connectivity index (χ3v) is 3.83. The average molecular weight is 258 g/mol. The smallest absolute Gasteiger partial charge is 0.310 e. The van der Waals surface area contributed by atoms with Gasteiger partial charge in [-0.05, 0) is 30.7 Å². The molecule has 2 aromatic carbocycles. The van der Waals surface area contributed by atoms with Crippen LogP contribution in [-0.4, -0.2) is 11.1 Å². The molecule has 1 N–H and O–H groups in total. The number of carbonyl (C=O) groups is 1. The predicted molar refractivity (Wildman–Crippen MR) is 73.1 cm³/mol. The molecular weight excluding hydrogens is 244 g/mol. The van der Waals surface area contributed by atoms with Crippen molar-refractivity contribution in [3.05, 3.63) is 60.2 Å². The molecule has 2 aromatic rings. The second-order valence-corrected chi connectivity index (χ2v) is 5.13. The lowest BCUT2D eigenvalue weighted by Crippen LogP contribution is -2.08. The molecule has 92 valence electrons. The van der Waals surface area contributed by atoms with E-state index in [2.05, 4.69) is 0 Å². The zero-order chi connectivity index (χ0) is 13.0. The van der Waals surface area contributed by atoms with Gasteiger partial charge in [0.15, 0.2) is 0 Å². The largest absolute Gasteiger partial charge is 0.481 e. The molecule has 0 aromatic heterocycles. The molecule has 1 atom stereocenters. The fraction of sp³-hybridized carbons (Fsp3) is 0.133. The molecule has 0 bridgehead atoms. The van der Waals surface area contributed by atoms with Crippen LogP contribution in [0.2, 0.25) is 0 Å². The number of rotatable bonds is 4. The highest BCUT2D eigenvalue weighted by Crippen LogP contribution is 2.33. The first kappa shape index (κ1) is 12.7. The van der Waals surface area contributed by atoms with Crippen LogP contribution in [0.1, 0.15) is 18.4 Å². The van der Waals surface area contributed by atoms with Gasteiger partial charge < -0.3 is 5.11 Å². The van der Waals surface area contributed by atoms with Gasteiger partial charge in [0, 0.05) is 9.79 Å². The second kappa shape index (κ2) is 5.74. The van der Waals surface area contributed by atoms with Crippen molar-refractivity contribution < 1.29 is 9.90 Å². The summed E-state index contributed by atoms with van der Waals surface area (Å²) in [4.78, 5) is 13.2. The number of carboxylic acid groups (broad SMARTS) is 1.